The van der Waals surface area contributed by atoms with E-state index in [4.69, 9.17) is 16.6 Å². The lowest BCUT2D eigenvalue weighted by molar-refractivity contribution is 0.281. The predicted molar refractivity (Wildman–Crippen MR) is 86.9 cm³/mol. The Morgan fingerprint density at radius 2 is 1.62 bits per heavy atom. The number of aliphatic imine (C=N–C) groups is 1. The van der Waals surface area contributed by atoms with E-state index >= 15 is 0 Å². The van der Waals surface area contributed by atoms with E-state index in [1.807, 2.05) is 18.2 Å². The highest BCUT2D eigenvalue weighted by atomic mass is 35.5. The van der Waals surface area contributed by atoms with Gasteiger partial charge in [0.1, 0.15) is 5.66 Å². The lowest BCUT2D eigenvalue weighted by atomic mass is 10.0. The summed E-state index contributed by atoms with van der Waals surface area (Å²) in [7, 11) is 0. The minimum Gasteiger partial charge on any atom is -0.266 e. The first-order valence-electron chi connectivity index (χ1n) is 7.27. The molecule has 3 heteroatoms. The van der Waals surface area contributed by atoms with E-state index in [1.165, 1.54) is 16.8 Å². The molecule has 0 aliphatic carbocycles. The molecule has 2 aromatic carbocycles. The second-order valence-corrected chi connectivity index (χ2v) is 6.64. The van der Waals surface area contributed by atoms with Gasteiger partial charge in [-0.05, 0) is 37.1 Å². The highest BCUT2D eigenvalue weighted by Crippen LogP contribution is 2.54. The van der Waals surface area contributed by atoms with E-state index < -0.39 is 0 Å². The maximum absolute atomic E-state index is 6.00. The number of rotatable bonds is 2. The predicted octanol–water partition coefficient (Wildman–Crippen LogP) is 4.30. The Kier molecular flexibility index (Phi) is 2.75. The number of benzene rings is 2. The van der Waals surface area contributed by atoms with Crippen molar-refractivity contribution in [2.45, 2.75) is 31.6 Å². The second-order valence-electron chi connectivity index (χ2n) is 6.21. The molecule has 0 saturated carbocycles. The molecular weight excluding hydrogens is 280 g/mol. The van der Waals surface area contributed by atoms with E-state index in [0.717, 1.165) is 5.02 Å². The Labute approximate surface area is 130 Å². The van der Waals surface area contributed by atoms with Gasteiger partial charge in [0.25, 0.3) is 0 Å². The SMILES string of the molecule is CC1(C)N=C(c2ccccc2)C2C(c3ccc(Cl)cc3)N21. The summed E-state index contributed by atoms with van der Waals surface area (Å²) >= 11 is 6.00. The lowest BCUT2D eigenvalue weighted by Gasteiger charge is -2.20. The summed E-state index contributed by atoms with van der Waals surface area (Å²) in [6, 6.07) is 19.5. The second kappa shape index (κ2) is 4.43. The zero-order valence-electron chi connectivity index (χ0n) is 12.1. The van der Waals surface area contributed by atoms with E-state index in [0.29, 0.717) is 12.1 Å². The molecule has 2 heterocycles. The topological polar surface area (TPSA) is 15.4 Å². The van der Waals surface area contributed by atoms with Crippen LogP contribution in [0.4, 0.5) is 0 Å². The first-order chi connectivity index (χ1) is 10.1. The molecule has 3 unspecified atom stereocenters. The van der Waals surface area contributed by atoms with E-state index in [-0.39, 0.29) is 5.66 Å². The molecule has 3 atom stereocenters. The monoisotopic (exact) mass is 296 g/mol. The molecule has 0 N–H and O–H groups in total. The van der Waals surface area contributed by atoms with Gasteiger partial charge in [-0.15, -0.1) is 0 Å². The van der Waals surface area contributed by atoms with Crippen LogP contribution in [-0.2, 0) is 0 Å². The minimum atomic E-state index is -0.139. The van der Waals surface area contributed by atoms with Crippen LogP contribution in [0.25, 0.3) is 0 Å². The Morgan fingerprint density at radius 3 is 2.29 bits per heavy atom. The standard InChI is InChI=1S/C18H17ClN2/c1-18(2)20-15(12-6-4-3-5-7-12)17-16(21(17)18)13-8-10-14(19)11-9-13/h3-11,16-17H,1-2H3. The maximum Gasteiger partial charge on any atom is 0.109 e. The number of hydrogen-bond acceptors (Lipinski definition) is 2. The molecule has 21 heavy (non-hydrogen) atoms. The van der Waals surface area contributed by atoms with Gasteiger partial charge in [0.2, 0.25) is 0 Å². The lowest BCUT2D eigenvalue weighted by Crippen LogP contribution is -2.25. The Bertz CT molecular complexity index is 704. The average Bonchev–Trinajstić information content (AvgIpc) is 3.16. The molecule has 0 radical (unpaired) electrons. The van der Waals surface area contributed by atoms with Crippen molar-refractivity contribution in [3.05, 3.63) is 70.7 Å². The zero-order chi connectivity index (χ0) is 14.6. The summed E-state index contributed by atoms with van der Waals surface area (Å²) < 4.78 is 0. The highest BCUT2D eigenvalue weighted by Gasteiger charge is 2.62. The molecule has 2 nitrogen and oxygen atoms in total. The molecule has 4 rings (SSSR count). The minimum absolute atomic E-state index is 0.139. The van der Waals surface area contributed by atoms with Gasteiger partial charge in [0.05, 0.1) is 17.8 Å². The van der Waals surface area contributed by atoms with Crippen LogP contribution in [-0.4, -0.2) is 22.3 Å². The van der Waals surface area contributed by atoms with Gasteiger partial charge in [-0.2, -0.15) is 0 Å². The van der Waals surface area contributed by atoms with E-state index in [9.17, 15) is 0 Å². The van der Waals surface area contributed by atoms with Crippen LogP contribution in [0, 0.1) is 0 Å². The maximum atomic E-state index is 6.00. The Hall–Kier alpha value is -1.64. The van der Waals surface area contributed by atoms with Crippen molar-refractivity contribution >= 4 is 17.3 Å². The fourth-order valence-corrected chi connectivity index (χ4v) is 3.58. The van der Waals surface area contributed by atoms with Crippen molar-refractivity contribution in [2.75, 3.05) is 0 Å². The van der Waals surface area contributed by atoms with E-state index in [2.05, 4.69) is 55.1 Å². The van der Waals surface area contributed by atoms with Crippen LogP contribution in [0.5, 0.6) is 0 Å². The van der Waals surface area contributed by atoms with Gasteiger partial charge in [0.15, 0.2) is 0 Å². The fraction of sp³-hybridized carbons (Fsp3) is 0.278. The number of hydrogen-bond donors (Lipinski definition) is 0. The Morgan fingerprint density at radius 1 is 0.952 bits per heavy atom. The van der Waals surface area contributed by atoms with Crippen molar-refractivity contribution in [2.24, 2.45) is 4.99 Å². The van der Waals surface area contributed by atoms with Crippen LogP contribution >= 0.6 is 11.6 Å². The quantitative estimate of drug-likeness (QED) is 0.754. The summed E-state index contributed by atoms with van der Waals surface area (Å²) in [5, 5.41) is 0.788. The summed E-state index contributed by atoms with van der Waals surface area (Å²) in [5.74, 6) is 0. The van der Waals surface area contributed by atoms with Crippen molar-refractivity contribution in [1.29, 1.82) is 0 Å². The summed E-state index contributed by atoms with van der Waals surface area (Å²) in [6.45, 7) is 4.37. The van der Waals surface area contributed by atoms with Crippen LogP contribution < -0.4 is 0 Å². The molecule has 0 spiro atoms. The third-order valence-electron chi connectivity index (χ3n) is 4.40. The van der Waals surface area contributed by atoms with Gasteiger partial charge in [-0.3, -0.25) is 9.89 Å². The number of nitrogens with zero attached hydrogens (tertiary/aromatic N) is 2. The van der Waals surface area contributed by atoms with Gasteiger partial charge < -0.3 is 0 Å². The smallest absolute Gasteiger partial charge is 0.109 e. The van der Waals surface area contributed by atoms with Gasteiger partial charge in [-0.1, -0.05) is 54.1 Å². The van der Waals surface area contributed by atoms with Crippen molar-refractivity contribution in [3.63, 3.8) is 0 Å². The van der Waals surface area contributed by atoms with Crippen molar-refractivity contribution in [1.82, 2.24) is 4.90 Å². The normalized spacial score (nSPS) is 28.9. The molecule has 0 aromatic heterocycles. The molecule has 2 aliphatic rings. The summed E-state index contributed by atoms with van der Waals surface area (Å²) in [6.07, 6.45) is 0. The third kappa shape index (κ3) is 2.02. The van der Waals surface area contributed by atoms with Gasteiger partial charge >= 0.3 is 0 Å². The van der Waals surface area contributed by atoms with Crippen LogP contribution in [0.1, 0.15) is 31.0 Å². The summed E-state index contributed by atoms with van der Waals surface area (Å²) in [5.41, 5.74) is 3.62. The van der Waals surface area contributed by atoms with Crippen LogP contribution in [0.2, 0.25) is 5.02 Å². The third-order valence-corrected chi connectivity index (χ3v) is 4.65. The van der Waals surface area contributed by atoms with Crippen LogP contribution in [0.3, 0.4) is 0 Å². The molecule has 2 aromatic rings. The van der Waals surface area contributed by atoms with Gasteiger partial charge in [0, 0.05) is 5.02 Å². The number of halogens is 1. The number of fused-ring (bicyclic) bond motifs is 1. The molecule has 1 saturated heterocycles. The molecule has 106 valence electrons. The first-order valence-corrected chi connectivity index (χ1v) is 7.65. The van der Waals surface area contributed by atoms with Crippen molar-refractivity contribution in [3.8, 4) is 0 Å². The zero-order valence-corrected chi connectivity index (χ0v) is 12.9. The summed E-state index contributed by atoms with van der Waals surface area (Å²) in [4.78, 5) is 7.40. The van der Waals surface area contributed by atoms with E-state index in [1.54, 1.807) is 0 Å². The molecule has 0 amide bonds. The molecule has 2 aliphatic heterocycles. The average molecular weight is 297 g/mol. The fourth-order valence-electron chi connectivity index (χ4n) is 3.46. The first kappa shape index (κ1) is 13.1. The van der Waals surface area contributed by atoms with Crippen LogP contribution in [0.15, 0.2) is 59.6 Å². The molecule has 1 fully saturated rings. The molecule has 0 bridgehead atoms. The van der Waals surface area contributed by atoms with Gasteiger partial charge in [-0.25, -0.2) is 0 Å². The van der Waals surface area contributed by atoms with Crippen molar-refractivity contribution < 1.29 is 0 Å². The Balaban J connectivity index is 1.71. The molecular formula is C18H17ClN2. The largest absolute Gasteiger partial charge is 0.266 e. The highest BCUT2D eigenvalue weighted by molar-refractivity contribution is 6.30.